The fourth-order valence-corrected chi connectivity index (χ4v) is 1.93. The van der Waals surface area contributed by atoms with Crippen molar-refractivity contribution in [3.05, 3.63) is 49.1 Å². The number of carbonyl (C=O) groups is 2. The van der Waals surface area contributed by atoms with Crippen LogP contribution in [0.4, 0.5) is 0 Å². The quantitative estimate of drug-likeness (QED) is 0.137. The maximum absolute atomic E-state index is 10.3. The van der Waals surface area contributed by atoms with Gasteiger partial charge in [-0.05, 0) is 25.7 Å². The van der Waals surface area contributed by atoms with Crippen LogP contribution >= 0.6 is 0 Å². The van der Waals surface area contributed by atoms with E-state index in [1.54, 1.807) is 0 Å². The molecule has 0 spiro atoms. The lowest BCUT2D eigenvalue weighted by Crippen LogP contribution is -2.15. The predicted molar refractivity (Wildman–Crippen MR) is 125 cm³/mol. The van der Waals surface area contributed by atoms with Gasteiger partial charge in [0.05, 0.1) is 13.2 Å². The number of hydrogen-bond acceptors (Lipinski definition) is 5. The fraction of sp³-hybridized carbons (Fsp3) is 0.583. The summed E-state index contributed by atoms with van der Waals surface area (Å²) in [4.78, 5) is 19.6. The summed E-state index contributed by atoms with van der Waals surface area (Å²) < 4.78 is 0. The zero-order valence-corrected chi connectivity index (χ0v) is 18.9. The van der Waals surface area contributed by atoms with Crippen LogP contribution in [0.2, 0.25) is 0 Å². The Morgan fingerprint density at radius 1 is 0.806 bits per heavy atom. The van der Waals surface area contributed by atoms with Gasteiger partial charge >= 0.3 is 11.9 Å². The molecule has 0 aromatic carbocycles. The van der Waals surface area contributed by atoms with E-state index in [0.29, 0.717) is 6.42 Å². The Morgan fingerprint density at radius 3 is 1.65 bits per heavy atom. The molecular weight excluding hydrogens is 400 g/mol. The van der Waals surface area contributed by atoms with Crippen LogP contribution in [-0.2, 0) is 9.59 Å². The molecule has 0 aromatic heterocycles. The Hall–Kier alpha value is -2.22. The molecule has 0 fully saturated rings. The molecule has 0 saturated carbocycles. The third kappa shape index (κ3) is 42.8. The van der Waals surface area contributed by atoms with Crippen molar-refractivity contribution < 1.29 is 35.1 Å². The minimum Gasteiger partial charge on any atom is -0.481 e. The van der Waals surface area contributed by atoms with E-state index in [1.165, 1.54) is 32.1 Å². The van der Waals surface area contributed by atoms with Crippen LogP contribution in [0.3, 0.4) is 0 Å². The van der Waals surface area contributed by atoms with Crippen molar-refractivity contribution in [1.82, 2.24) is 0 Å². The zero-order valence-electron chi connectivity index (χ0n) is 18.9. The summed E-state index contributed by atoms with van der Waals surface area (Å²) in [6.07, 6.45) is 23.2. The Labute approximate surface area is 187 Å². The molecule has 31 heavy (non-hydrogen) atoms. The second-order valence-corrected chi connectivity index (χ2v) is 6.64. The first-order chi connectivity index (χ1) is 14.8. The molecule has 0 aliphatic rings. The lowest BCUT2D eigenvalue weighted by molar-refractivity contribution is -0.137. The summed E-state index contributed by atoms with van der Waals surface area (Å²) in [6, 6.07) is 0. The molecule has 0 amide bonds. The third-order valence-electron chi connectivity index (χ3n) is 3.69. The van der Waals surface area contributed by atoms with E-state index >= 15 is 0 Å². The summed E-state index contributed by atoms with van der Waals surface area (Å²) in [5.41, 5.74) is 0. The second-order valence-electron chi connectivity index (χ2n) is 6.64. The highest BCUT2D eigenvalue weighted by molar-refractivity contribution is 5.78. The molecule has 5 N–H and O–H groups in total. The summed E-state index contributed by atoms with van der Waals surface area (Å²) in [6.45, 7) is 4.44. The second kappa shape index (κ2) is 30.0. The predicted octanol–water partition coefficient (Wildman–Crippen LogP) is 4.25. The van der Waals surface area contributed by atoms with Gasteiger partial charge in [0.15, 0.2) is 0 Å². The molecule has 0 heterocycles. The minimum atomic E-state index is -0.981. The molecule has 0 saturated heterocycles. The van der Waals surface area contributed by atoms with Crippen LogP contribution < -0.4 is 0 Å². The lowest BCUT2D eigenvalue weighted by Gasteiger charge is -1.97. The van der Waals surface area contributed by atoms with Gasteiger partial charge in [0.2, 0.25) is 0 Å². The van der Waals surface area contributed by atoms with Crippen LogP contribution in [0, 0.1) is 0 Å². The minimum absolute atomic E-state index is 0.316. The first-order valence-corrected chi connectivity index (χ1v) is 10.8. The third-order valence-corrected chi connectivity index (χ3v) is 3.69. The molecule has 180 valence electrons. The zero-order chi connectivity index (χ0) is 24.2. The molecule has 0 bridgehead atoms. The number of aliphatic carboxylic acids is 2. The van der Waals surface area contributed by atoms with Crippen molar-refractivity contribution in [2.45, 2.75) is 77.2 Å². The largest absolute Gasteiger partial charge is 0.481 e. The van der Waals surface area contributed by atoms with E-state index in [9.17, 15) is 9.59 Å². The molecular formula is C24H42O7. The summed E-state index contributed by atoms with van der Waals surface area (Å²) >= 11 is 0. The van der Waals surface area contributed by atoms with E-state index in [4.69, 9.17) is 25.5 Å². The van der Waals surface area contributed by atoms with Crippen LogP contribution in [0.5, 0.6) is 0 Å². The molecule has 0 aromatic rings. The van der Waals surface area contributed by atoms with Crippen LogP contribution in [0.15, 0.2) is 49.1 Å². The molecule has 0 unspecified atom stereocenters. The van der Waals surface area contributed by atoms with E-state index in [2.05, 4.69) is 50.0 Å². The molecule has 0 aliphatic carbocycles. The SMILES string of the molecule is C=CC(=O)O.CCCCC=CC=CC=CCCCCCCCC(=O)O.OCC(O)CO. The van der Waals surface area contributed by atoms with Crippen molar-refractivity contribution in [3.63, 3.8) is 0 Å². The monoisotopic (exact) mass is 442 g/mol. The van der Waals surface area contributed by atoms with E-state index in [1.807, 2.05) is 0 Å². The maximum Gasteiger partial charge on any atom is 0.327 e. The van der Waals surface area contributed by atoms with Crippen LogP contribution in [0.25, 0.3) is 0 Å². The van der Waals surface area contributed by atoms with Gasteiger partial charge in [0.25, 0.3) is 0 Å². The van der Waals surface area contributed by atoms with Crippen molar-refractivity contribution in [1.29, 1.82) is 0 Å². The Bertz CT molecular complexity index is 492. The van der Waals surface area contributed by atoms with Gasteiger partial charge in [0, 0.05) is 12.5 Å². The molecule has 0 radical (unpaired) electrons. The average Bonchev–Trinajstić information content (AvgIpc) is 2.76. The first-order valence-electron chi connectivity index (χ1n) is 10.8. The number of carboxylic acid groups (broad SMARTS) is 2. The topological polar surface area (TPSA) is 135 Å². The summed E-state index contributed by atoms with van der Waals surface area (Å²) in [5.74, 6) is -1.66. The van der Waals surface area contributed by atoms with E-state index in [0.717, 1.165) is 31.8 Å². The van der Waals surface area contributed by atoms with Crippen molar-refractivity contribution >= 4 is 11.9 Å². The van der Waals surface area contributed by atoms with Gasteiger partial charge in [-0.15, -0.1) is 0 Å². The van der Waals surface area contributed by atoms with Crippen molar-refractivity contribution in [2.75, 3.05) is 13.2 Å². The highest BCUT2D eigenvalue weighted by Gasteiger charge is 1.95. The molecule has 7 nitrogen and oxygen atoms in total. The number of rotatable bonds is 16. The molecule has 0 aliphatic heterocycles. The van der Waals surface area contributed by atoms with Gasteiger partial charge in [-0.2, -0.15) is 0 Å². The number of allylic oxidation sites excluding steroid dienone is 6. The normalized spacial score (nSPS) is 10.7. The van der Waals surface area contributed by atoms with Crippen molar-refractivity contribution in [2.24, 2.45) is 0 Å². The smallest absolute Gasteiger partial charge is 0.327 e. The Balaban J connectivity index is -0.000000583. The molecule has 7 heteroatoms. The fourth-order valence-electron chi connectivity index (χ4n) is 1.93. The van der Waals surface area contributed by atoms with Gasteiger partial charge in [-0.25, -0.2) is 4.79 Å². The Morgan fingerprint density at radius 2 is 1.26 bits per heavy atom. The maximum atomic E-state index is 10.3. The Kier molecular flexibility index (Phi) is 32.3. The van der Waals surface area contributed by atoms with Crippen LogP contribution in [0.1, 0.15) is 71.1 Å². The number of unbranched alkanes of at least 4 members (excludes halogenated alkanes) is 7. The van der Waals surface area contributed by atoms with Gasteiger partial charge in [-0.1, -0.05) is 82.1 Å². The van der Waals surface area contributed by atoms with Gasteiger partial charge in [-0.3, -0.25) is 4.79 Å². The number of aliphatic hydroxyl groups excluding tert-OH is 3. The molecule has 0 rings (SSSR count). The standard InChI is InChI=1S/C18H30O2.C3H8O3.C3H4O2/c1-2-3-4-5-6-7-8-9-10-11-12-13-14-15-16-17-18(19)20;4-1-3(6)2-5;1-2-3(4)5/h5-10H,2-4,11-17H2,1H3,(H,19,20);3-6H,1-2H2;2H,1H2,(H,4,5). The number of hydrogen-bond donors (Lipinski definition) is 5. The number of aliphatic hydroxyl groups is 3. The first kappa shape index (κ1) is 33.4. The summed E-state index contributed by atoms with van der Waals surface area (Å²) in [7, 11) is 0. The van der Waals surface area contributed by atoms with Crippen LogP contribution in [-0.4, -0.2) is 56.8 Å². The number of carboxylic acids is 2. The van der Waals surface area contributed by atoms with E-state index < -0.39 is 18.0 Å². The molecule has 0 atom stereocenters. The van der Waals surface area contributed by atoms with Crippen molar-refractivity contribution in [3.8, 4) is 0 Å². The van der Waals surface area contributed by atoms with Gasteiger partial charge < -0.3 is 25.5 Å². The highest BCUT2D eigenvalue weighted by Crippen LogP contribution is 2.07. The average molecular weight is 443 g/mol. The lowest BCUT2D eigenvalue weighted by atomic mass is 10.1. The highest BCUT2D eigenvalue weighted by atomic mass is 16.4. The van der Waals surface area contributed by atoms with E-state index in [-0.39, 0.29) is 13.2 Å². The van der Waals surface area contributed by atoms with Gasteiger partial charge in [0.1, 0.15) is 6.10 Å². The summed E-state index contributed by atoms with van der Waals surface area (Å²) in [5, 5.41) is 40.1.